The quantitative estimate of drug-likeness (QED) is 0.888. The Morgan fingerprint density at radius 1 is 1.42 bits per heavy atom. The third kappa shape index (κ3) is 2.46. The zero-order chi connectivity index (χ0) is 13.4. The van der Waals surface area contributed by atoms with Crippen molar-refractivity contribution >= 4 is 0 Å². The van der Waals surface area contributed by atoms with Gasteiger partial charge < -0.3 is 9.40 Å². The average molecular weight is 259 g/mol. The van der Waals surface area contributed by atoms with E-state index in [-0.39, 0.29) is 5.56 Å². The summed E-state index contributed by atoms with van der Waals surface area (Å²) in [6, 6.07) is 3.95. The first-order chi connectivity index (χ1) is 9.11. The molecule has 100 valence electrons. The number of furan rings is 1. The first-order valence-electron chi connectivity index (χ1n) is 6.48. The van der Waals surface area contributed by atoms with Crippen LogP contribution in [-0.2, 0) is 19.5 Å². The maximum Gasteiger partial charge on any atom is 0.255 e. The molecule has 1 aliphatic heterocycles. The Labute approximate surface area is 111 Å². The molecule has 5 nitrogen and oxygen atoms in total. The Hall–Kier alpha value is -1.88. The first-order valence-corrected chi connectivity index (χ1v) is 6.48. The van der Waals surface area contributed by atoms with Crippen LogP contribution < -0.4 is 5.56 Å². The van der Waals surface area contributed by atoms with Gasteiger partial charge in [-0.25, -0.2) is 4.98 Å². The molecule has 0 saturated carbocycles. The highest BCUT2D eigenvalue weighted by atomic mass is 16.3. The van der Waals surface area contributed by atoms with Gasteiger partial charge in [-0.1, -0.05) is 0 Å². The first kappa shape index (κ1) is 12.2. The van der Waals surface area contributed by atoms with Crippen molar-refractivity contribution in [1.29, 1.82) is 0 Å². The topological polar surface area (TPSA) is 62.1 Å². The van der Waals surface area contributed by atoms with Crippen LogP contribution in [0.1, 0.15) is 28.6 Å². The number of aromatic nitrogens is 2. The number of aromatic amines is 1. The molecular weight excluding hydrogens is 242 g/mol. The summed E-state index contributed by atoms with van der Waals surface area (Å²) in [5, 5.41) is 0. The summed E-state index contributed by atoms with van der Waals surface area (Å²) in [6.07, 6.45) is 0.819. The molecule has 0 atom stereocenters. The summed E-state index contributed by atoms with van der Waals surface area (Å²) in [4.78, 5) is 21.3. The van der Waals surface area contributed by atoms with Crippen molar-refractivity contribution in [3.63, 3.8) is 0 Å². The number of nitrogens with one attached hydrogen (secondary N) is 1. The number of hydrogen-bond acceptors (Lipinski definition) is 4. The molecule has 0 spiro atoms. The molecule has 0 bridgehead atoms. The van der Waals surface area contributed by atoms with Gasteiger partial charge in [-0.05, 0) is 26.0 Å². The molecule has 2 aromatic rings. The van der Waals surface area contributed by atoms with Crippen molar-refractivity contribution in [2.45, 2.75) is 33.4 Å². The van der Waals surface area contributed by atoms with Gasteiger partial charge in [0.25, 0.3) is 5.56 Å². The summed E-state index contributed by atoms with van der Waals surface area (Å²) in [6.45, 7) is 6.03. The van der Waals surface area contributed by atoms with E-state index >= 15 is 0 Å². The van der Waals surface area contributed by atoms with Crippen LogP contribution in [0.5, 0.6) is 0 Å². The highest BCUT2D eigenvalue weighted by molar-refractivity contribution is 5.21. The molecule has 1 aliphatic rings. The normalized spacial score (nSPS) is 15.5. The van der Waals surface area contributed by atoms with E-state index in [0.29, 0.717) is 12.4 Å². The van der Waals surface area contributed by atoms with Crippen LogP contribution in [0.25, 0.3) is 0 Å². The number of rotatable bonds is 2. The second kappa shape index (κ2) is 4.66. The maximum absolute atomic E-state index is 11.9. The largest absolute Gasteiger partial charge is 0.465 e. The molecule has 0 amide bonds. The summed E-state index contributed by atoms with van der Waals surface area (Å²) >= 11 is 0. The average Bonchev–Trinajstić information content (AvgIpc) is 2.75. The highest BCUT2D eigenvalue weighted by Crippen LogP contribution is 2.17. The van der Waals surface area contributed by atoms with E-state index in [0.717, 1.165) is 42.3 Å². The van der Waals surface area contributed by atoms with E-state index in [1.54, 1.807) is 0 Å². The van der Waals surface area contributed by atoms with E-state index < -0.39 is 0 Å². The van der Waals surface area contributed by atoms with Gasteiger partial charge in [0, 0.05) is 19.5 Å². The fraction of sp³-hybridized carbons (Fsp3) is 0.429. The molecule has 2 aromatic heterocycles. The van der Waals surface area contributed by atoms with Crippen molar-refractivity contribution < 1.29 is 4.42 Å². The SMILES string of the molecule is Cc1nc2c(c(=O)[nH]1)CN(Cc1ccc(C)o1)CC2. The lowest BCUT2D eigenvalue weighted by Gasteiger charge is -2.26. The second-order valence-electron chi connectivity index (χ2n) is 5.05. The molecule has 0 radical (unpaired) electrons. The smallest absolute Gasteiger partial charge is 0.255 e. The van der Waals surface area contributed by atoms with Crippen LogP contribution >= 0.6 is 0 Å². The molecule has 3 heterocycles. The number of hydrogen-bond donors (Lipinski definition) is 1. The Morgan fingerprint density at radius 3 is 3.00 bits per heavy atom. The minimum Gasteiger partial charge on any atom is -0.465 e. The van der Waals surface area contributed by atoms with Crippen LogP contribution in [0, 0.1) is 13.8 Å². The summed E-state index contributed by atoms with van der Waals surface area (Å²) in [5.41, 5.74) is 1.72. The van der Waals surface area contributed by atoms with Gasteiger partial charge in [0.05, 0.1) is 17.8 Å². The molecule has 3 rings (SSSR count). The molecule has 0 saturated heterocycles. The van der Waals surface area contributed by atoms with Crippen LogP contribution in [0.4, 0.5) is 0 Å². The van der Waals surface area contributed by atoms with Gasteiger partial charge in [-0.2, -0.15) is 0 Å². The molecule has 0 unspecified atom stereocenters. The van der Waals surface area contributed by atoms with Crippen molar-refractivity contribution in [2.75, 3.05) is 6.54 Å². The van der Waals surface area contributed by atoms with Gasteiger partial charge in [0.1, 0.15) is 17.3 Å². The minimum absolute atomic E-state index is 0.0113. The molecule has 5 heteroatoms. The number of aryl methyl sites for hydroxylation is 2. The van der Waals surface area contributed by atoms with Crippen LogP contribution in [0.3, 0.4) is 0 Å². The monoisotopic (exact) mass is 259 g/mol. The zero-order valence-electron chi connectivity index (χ0n) is 11.2. The van der Waals surface area contributed by atoms with Crippen LogP contribution in [0.15, 0.2) is 21.3 Å². The van der Waals surface area contributed by atoms with Gasteiger partial charge >= 0.3 is 0 Å². The molecule has 0 fully saturated rings. The molecule has 0 aliphatic carbocycles. The molecule has 1 N–H and O–H groups in total. The van der Waals surface area contributed by atoms with E-state index in [9.17, 15) is 4.79 Å². The third-order valence-electron chi connectivity index (χ3n) is 3.44. The van der Waals surface area contributed by atoms with Crippen molar-refractivity contribution in [3.8, 4) is 0 Å². The lowest BCUT2D eigenvalue weighted by molar-refractivity contribution is 0.221. The predicted molar refractivity (Wildman–Crippen MR) is 70.9 cm³/mol. The van der Waals surface area contributed by atoms with E-state index in [4.69, 9.17) is 4.42 Å². The summed E-state index contributed by atoms with van der Waals surface area (Å²) in [7, 11) is 0. The Morgan fingerprint density at radius 2 is 2.26 bits per heavy atom. The molecule has 0 aromatic carbocycles. The number of nitrogens with zero attached hydrogens (tertiary/aromatic N) is 2. The van der Waals surface area contributed by atoms with Gasteiger partial charge in [-0.3, -0.25) is 9.69 Å². The highest BCUT2D eigenvalue weighted by Gasteiger charge is 2.21. The van der Waals surface area contributed by atoms with E-state index in [1.165, 1.54) is 0 Å². The van der Waals surface area contributed by atoms with Crippen molar-refractivity contribution in [1.82, 2.24) is 14.9 Å². The number of fused-ring (bicyclic) bond motifs is 1. The second-order valence-corrected chi connectivity index (χ2v) is 5.05. The molecule has 19 heavy (non-hydrogen) atoms. The fourth-order valence-corrected chi connectivity index (χ4v) is 2.53. The van der Waals surface area contributed by atoms with E-state index in [1.807, 2.05) is 26.0 Å². The Kier molecular flexibility index (Phi) is 2.98. The Balaban J connectivity index is 1.80. The van der Waals surface area contributed by atoms with Crippen LogP contribution in [-0.4, -0.2) is 21.4 Å². The zero-order valence-corrected chi connectivity index (χ0v) is 11.2. The minimum atomic E-state index is -0.0113. The van der Waals surface area contributed by atoms with Gasteiger partial charge in [0.15, 0.2) is 0 Å². The predicted octanol–water partition coefficient (Wildman–Crippen LogP) is 1.54. The lowest BCUT2D eigenvalue weighted by atomic mass is 10.1. The number of H-pyrrole nitrogens is 1. The van der Waals surface area contributed by atoms with E-state index in [2.05, 4.69) is 14.9 Å². The van der Waals surface area contributed by atoms with Crippen molar-refractivity contribution in [2.24, 2.45) is 0 Å². The molecular formula is C14H17N3O2. The fourth-order valence-electron chi connectivity index (χ4n) is 2.53. The standard InChI is InChI=1S/C14H17N3O2/c1-9-3-4-11(19-9)7-17-6-5-13-12(8-17)14(18)16-10(2)15-13/h3-4H,5-8H2,1-2H3,(H,15,16,18). The summed E-state index contributed by atoms with van der Waals surface area (Å²) in [5.74, 6) is 2.55. The van der Waals surface area contributed by atoms with Gasteiger partial charge in [-0.15, -0.1) is 0 Å². The maximum atomic E-state index is 11.9. The van der Waals surface area contributed by atoms with Crippen molar-refractivity contribution in [3.05, 3.63) is 51.1 Å². The van der Waals surface area contributed by atoms with Gasteiger partial charge in [0.2, 0.25) is 0 Å². The third-order valence-corrected chi connectivity index (χ3v) is 3.44. The van der Waals surface area contributed by atoms with Crippen LogP contribution in [0.2, 0.25) is 0 Å². The Bertz CT molecular complexity index is 657. The lowest BCUT2D eigenvalue weighted by Crippen LogP contribution is -2.35. The summed E-state index contributed by atoms with van der Waals surface area (Å²) < 4.78 is 5.58.